The fraction of sp³-hybridized carbons (Fsp3) is 1.00. The van der Waals surface area contributed by atoms with Crippen LogP contribution in [0.25, 0.3) is 0 Å². The van der Waals surface area contributed by atoms with Gasteiger partial charge in [-0.25, -0.2) is 0 Å². The van der Waals surface area contributed by atoms with Gasteiger partial charge in [-0.1, -0.05) is 48.5 Å². The van der Waals surface area contributed by atoms with E-state index in [0.29, 0.717) is 16.9 Å². The maximum absolute atomic E-state index is 3.70. The summed E-state index contributed by atoms with van der Waals surface area (Å²) in [6, 6.07) is 0.694. The lowest BCUT2D eigenvalue weighted by Crippen LogP contribution is -2.34. The molecule has 0 aliphatic heterocycles. The molecule has 1 unspecified atom stereocenters. The molecular formula is C15H33N. The van der Waals surface area contributed by atoms with Gasteiger partial charge in [0, 0.05) is 6.04 Å². The van der Waals surface area contributed by atoms with Crippen LogP contribution < -0.4 is 5.32 Å². The van der Waals surface area contributed by atoms with Gasteiger partial charge in [0.05, 0.1) is 0 Å². The Balaban J connectivity index is 4.10. The zero-order valence-electron chi connectivity index (χ0n) is 12.6. The van der Waals surface area contributed by atoms with Crippen LogP contribution in [0.2, 0.25) is 0 Å². The largest absolute Gasteiger partial charge is 0.314 e. The summed E-state index contributed by atoms with van der Waals surface area (Å²) in [5, 5.41) is 3.70. The van der Waals surface area contributed by atoms with Crippen LogP contribution >= 0.6 is 0 Å². The highest BCUT2D eigenvalue weighted by molar-refractivity contribution is 4.76. The molecule has 0 rings (SSSR count). The minimum absolute atomic E-state index is 0.434. The van der Waals surface area contributed by atoms with Crippen molar-refractivity contribution in [2.75, 3.05) is 6.54 Å². The maximum atomic E-state index is 3.70. The molecule has 0 bridgehead atoms. The molecule has 0 aliphatic carbocycles. The van der Waals surface area contributed by atoms with E-state index in [0.717, 1.165) is 6.54 Å². The maximum Gasteiger partial charge on any atom is 0.00722 e. The summed E-state index contributed by atoms with van der Waals surface area (Å²) >= 11 is 0. The Hall–Kier alpha value is -0.0400. The van der Waals surface area contributed by atoms with Crippen molar-refractivity contribution >= 4 is 0 Å². The van der Waals surface area contributed by atoms with Crippen molar-refractivity contribution < 1.29 is 0 Å². The smallest absolute Gasteiger partial charge is 0.00722 e. The second kappa shape index (κ2) is 6.64. The van der Waals surface area contributed by atoms with Crippen LogP contribution in [-0.2, 0) is 0 Å². The van der Waals surface area contributed by atoms with Gasteiger partial charge < -0.3 is 5.32 Å². The van der Waals surface area contributed by atoms with Gasteiger partial charge in [-0.2, -0.15) is 0 Å². The molecule has 0 saturated heterocycles. The molecule has 0 saturated carbocycles. The first kappa shape index (κ1) is 16.0. The number of hydrogen-bond donors (Lipinski definition) is 1. The topological polar surface area (TPSA) is 12.0 Å². The molecule has 0 aromatic heterocycles. The average Bonchev–Trinajstić information content (AvgIpc) is 2.06. The van der Waals surface area contributed by atoms with Crippen molar-refractivity contribution in [2.24, 2.45) is 10.8 Å². The highest BCUT2D eigenvalue weighted by Gasteiger charge is 2.20. The Morgan fingerprint density at radius 2 is 1.50 bits per heavy atom. The van der Waals surface area contributed by atoms with Crippen LogP contribution in [0.5, 0.6) is 0 Å². The average molecular weight is 227 g/mol. The van der Waals surface area contributed by atoms with Crippen molar-refractivity contribution in [3.63, 3.8) is 0 Å². The summed E-state index contributed by atoms with van der Waals surface area (Å²) in [5.74, 6) is 0. The summed E-state index contributed by atoms with van der Waals surface area (Å²) in [7, 11) is 0. The van der Waals surface area contributed by atoms with Gasteiger partial charge in [-0.3, -0.25) is 0 Å². The van der Waals surface area contributed by atoms with Gasteiger partial charge in [-0.05, 0) is 43.1 Å². The van der Waals surface area contributed by atoms with Crippen molar-refractivity contribution in [2.45, 2.75) is 80.2 Å². The number of rotatable bonds is 6. The van der Waals surface area contributed by atoms with E-state index in [1.54, 1.807) is 0 Å². The normalized spacial score (nSPS) is 15.2. The van der Waals surface area contributed by atoms with Crippen molar-refractivity contribution in [3.8, 4) is 0 Å². The third kappa shape index (κ3) is 10.5. The monoisotopic (exact) mass is 227 g/mol. The third-order valence-corrected chi connectivity index (χ3v) is 2.78. The molecule has 0 aromatic rings. The molecule has 0 radical (unpaired) electrons. The molecule has 0 aliphatic rings. The Bertz CT molecular complexity index is 171. The van der Waals surface area contributed by atoms with Crippen LogP contribution in [0.4, 0.5) is 0 Å². The van der Waals surface area contributed by atoms with Crippen molar-refractivity contribution in [1.29, 1.82) is 0 Å². The molecule has 1 heteroatoms. The van der Waals surface area contributed by atoms with Gasteiger partial charge in [-0.15, -0.1) is 0 Å². The molecule has 1 atom stereocenters. The summed E-state index contributed by atoms with van der Waals surface area (Å²) in [6.07, 6.45) is 5.13. The molecule has 16 heavy (non-hydrogen) atoms. The van der Waals surface area contributed by atoms with Crippen LogP contribution in [0.1, 0.15) is 74.1 Å². The predicted octanol–water partition coefficient (Wildman–Crippen LogP) is 4.62. The second-order valence-corrected chi connectivity index (χ2v) is 7.52. The van der Waals surface area contributed by atoms with Gasteiger partial charge in [0.2, 0.25) is 0 Å². The number of nitrogens with one attached hydrogen (secondary N) is 1. The second-order valence-electron chi connectivity index (χ2n) is 7.52. The first-order valence-electron chi connectivity index (χ1n) is 6.87. The first-order valence-corrected chi connectivity index (χ1v) is 6.87. The summed E-state index contributed by atoms with van der Waals surface area (Å²) in [4.78, 5) is 0. The lowest BCUT2D eigenvalue weighted by atomic mass is 9.82. The Morgan fingerprint density at radius 1 is 0.938 bits per heavy atom. The summed E-state index contributed by atoms with van der Waals surface area (Å²) in [6.45, 7) is 17.4. The summed E-state index contributed by atoms with van der Waals surface area (Å²) in [5.41, 5.74) is 0.896. The highest BCUT2D eigenvalue weighted by atomic mass is 14.9. The zero-order valence-corrected chi connectivity index (χ0v) is 12.6. The van der Waals surface area contributed by atoms with E-state index in [9.17, 15) is 0 Å². The molecule has 0 spiro atoms. The van der Waals surface area contributed by atoms with E-state index >= 15 is 0 Å². The molecule has 0 heterocycles. The molecule has 1 nitrogen and oxygen atoms in total. The molecule has 98 valence electrons. The van der Waals surface area contributed by atoms with Crippen LogP contribution in [0.3, 0.4) is 0 Å². The van der Waals surface area contributed by atoms with E-state index in [1.165, 1.54) is 25.7 Å². The quantitative estimate of drug-likeness (QED) is 0.698. The SMILES string of the molecule is CCCNC(CCC(C)(C)C)CC(C)(C)C. The van der Waals surface area contributed by atoms with Crippen LogP contribution in [-0.4, -0.2) is 12.6 Å². The molecule has 1 N–H and O–H groups in total. The molecule has 0 fully saturated rings. The van der Waals surface area contributed by atoms with Crippen molar-refractivity contribution in [3.05, 3.63) is 0 Å². The van der Waals surface area contributed by atoms with E-state index < -0.39 is 0 Å². The lowest BCUT2D eigenvalue weighted by molar-refractivity contribution is 0.264. The van der Waals surface area contributed by atoms with E-state index in [1.807, 2.05) is 0 Å². The first-order chi connectivity index (χ1) is 7.14. The fourth-order valence-electron chi connectivity index (χ4n) is 1.97. The molecule has 0 aromatic carbocycles. The highest BCUT2D eigenvalue weighted by Crippen LogP contribution is 2.27. The van der Waals surface area contributed by atoms with E-state index in [4.69, 9.17) is 0 Å². The summed E-state index contributed by atoms with van der Waals surface area (Å²) < 4.78 is 0. The van der Waals surface area contributed by atoms with Gasteiger partial charge in [0.1, 0.15) is 0 Å². The van der Waals surface area contributed by atoms with E-state index in [-0.39, 0.29) is 0 Å². The zero-order chi connectivity index (χ0) is 12.8. The van der Waals surface area contributed by atoms with Crippen molar-refractivity contribution in [1.82, 2.24) is 5.32 Å². The van der Waals surface area contributed by atoms with E-state index in [2.05, 4.69) is 53.8 Å². The Labute approximate surface area is 103 Å². The minimum atomic E-state index is 0.434. The molecule has 0 amide bonds. The Kier molecular flexibility index (Phi) is 6.62. The lowest BCUT2D eigenvalue weighted by Gasteiger charge is -2.29. The standard InChI is InChI=1S/C15H33N/c1-8-11-16-13(12-15(5,6)7)9-10-14(2,3)4/h13,16H,8-12H2,1-7H3. The van der Waals surface area contributed by atoms with Gasteiger partial charge in [0.15, 0.2) is 0 Å². The predicted molar refractivity (Wildman–Crippen MR) is 74.8 cm³/mol. The molecular weight excluding hydrogens is 194 g/mol. The van der Waals surface area contributed by atoms with Crippen LogP contribution in [0.15, 0.2) is 0 Å². The Morgan fingerprint density at radius 3 is 1.88 bits per heavy atom. The minimum Gasteiger partial charge on any atom is -0.314 e. The number of hydrogen-bond acceptors (Lipinski definition) is 1. The van der Waals surface area contributed by atoms with Crippen LogP contribution in [0, 0.1) is 10.8 Å². The van der Waals surface area contributed by atoms with Gasteiger partial charge >= 0.3 is 0 Å². The third-order valence-electron chi connectivity index (χ3n) is 2.78. The fourth-order valence-corrected chi connectivity index (χ4v) is 1.97. The van der Waals surface area contributed by atoms with Gasteiger partial charge in [0.25, 0.3) is 0 Å².